The highest BCUT2D eigenvalue weighted by atomic mass is 16.6. The van der Waals surface area contributed by atoms with Crippen LogP contribution >= 0.6 is 0 Å². The number of guanidine groups is 1. The summed E-state index contributed by atoms with van der Waals surface area (Å²) in [6, 6.07) is 0.468. The number of nitrogens with one attached hydrogen (secondary N) is 13. The summed E-state index contributed by atoms with van der Waals surface area (Å²) in [5, 5.41) is 66.3. The molecule has 0 spiro atoms. The predicted molar refractivity (Wildman–Crippen MR) is 399 cm³/mol. The lowest BCUT2D eigenvalue weighted by atomic mass is 9.86. The molecule has 2 rings (SSSR count). The zero-order valence-corrected chi connectivity index (χ0v) is 64.8. The van der Waals surface area contributed by atoms with Crippen molar-refractivity contribution in [2.24, 2.45) is 45.0 Å². The second-order valence-electron chi connectivity index (χ2n) is 30.6. The van der Waals surface area contributed by atoms with E-state index < -0.39 is 191 Å². The number of hydrogen-bond donors (Lipinski definition) is 18. The highest BCUT2D eigenvalue weighted by Crippen LogP contribution is 2.26. The quantitative estimate of drug-likeness (QED) is 0.0182. The number of aliphatic hydroxyl groups is 3. The first-order chi connectivity index (χ1) is 49.9. The lowest BCUT2D eigenvalue weighted by molar-refractivity contribution is -0.139. The van der Waals surface area contributed by atoms with Gasteiger partial charge >= 0.3 is 12.2 Å². The molecule has 600 valence electrons. The maximum atomic E-state index is 15.5. The minimum absolute atomic E-state index is 0.0463. The number of ether oxygens (including phenoxy) is 2. The summed E-state index contributed by atoms with van der Waals surface area (Å²) in [4.78, 5) is 185. The summed E-state index contributed by atoms with van der Waals surface area (Å²) >= 11 is 0. The molecule has 2 aromatic carbocycles. The van der Waals surface area contributed by atoms with E-state index in [0.29, 0.717) is 6.42 Å². The van der Waals surface area contributed by atoms with Crippen molar-refractivity contribution < 1.29 is 87.1 Å². The number of rotatable bonds is 44. The molecule has 0 saturated heterocycles. The third-order valence-corrected chi connectivity index (χ3v) is 16.4. The fourth-order valence-corrected chi connectivity index (χ4v) is 10.7. The van der Waals surface area contributed by atoms with Gasteiger partial charge in [0.15, 0.2) is 5.96 Å². The Labute approximate surface area is 627 Å². The van der Waals surface area contributed by atoms with Gasteiger partial charge in [-0.15, -0.1) is 0 Å². The van der Waals surface area contributed by atoms with Crippen molar-refractivity contribution in [3.63, 3.8) is 0 Å². The SMILES string of the molecule is CC[C@H](C)[C@H](NC(=O)[C@@H](CCCN=C(N)N)NC(=O)[C@H](CC(C)C)NC(=O)[C@@H](NC(=O)[C@@H](NC(=O)[C@H](CC(C)(C)C)NC(=O)[C@@H](CC(C)(C)C)NC(=O)OC(C)(C)C)[C@H](NC(=O)C(CO)NC=O)c1ccccc1)[C@H](O)C(C)C)C(=O)N[C@H](C(=O)NCC(=O)NCCCNC(=O)OCc1ccccc1)[C@H](C)O. The van der Waals surface area contributed by atoms with Gasteiger partial charge in [-0.25, -0.2) is 9.59 Å². The first-order valence-corrected chi connectivity index (χ1v) is 36.1. The van der Waals surface area contributed by atoms with Gasteiger partial charge in [0.1, 0.15) is 66.6 Å². The van der Waals surface area contributed by atoms with Crippen molar-refractivity contribution in [1.82, 2.24) is 69.1 Å². The van der Waals surface area contributed by atoms with Crippen LogP contribution in [0.4, 0.5) is 9.59 Å². The summed E-state index contributed by atoms with van der Waals surface area (Å²) in [6.07, 6.45) is -4.51. The Morgan fingerprint density at radius 3 is 1.55 bits per heavy atom. The molecule has 20 N–H and O–H groups in total. The molecule has 2 aromatic rings. The molecule has 0 aliphatic carbocycles. The van der Waals surface area contributed by atoms with Gasteiger partial charge in [-0.2, -0.15) is 0 Å². The summed E-state index contributed by atoms with van der Waals surface area (Å²) < 4.78 is 10.7. The molecule has 34 heteroatoms. The fraction of sp³-hybridized carbons (Fsp3) is 0.644. The van der Waals surface area contributed by atoms with Crippen LogP contribution in [0.15, 0.2) is 65.7 Å². The zero-order valence-electron chi connectivity index (χ0n) is 64.8. The Bertz CT molecular complexity index is 3250. The first kappa shape index (κ1) is 93.4. The fourth-order valence-electron chi connectivity index (χ4n) is 10.7. The Hall–Kier alpha value is -9.70. The molecule has 1 unspecified atom stereocenters. The van der Waals surface area contributed by atoms with Crippen LogP contribution in [0.2, 0.25) is 0 Å². The second-order valence-corrected chi connectivity index (χ2v) is 30.6. The van der Waals surface area contributed by atoms with Crippen molar-refractivity contribution in [2.75, 3.05) is 32.8 Å². The number of nitrogens with zero attached hydrogens (tertiary/aromatic N) is 1. The molecular weight excluding hydrogens is 1390 g/mol. The van der Waals surface area contributed by atoms with Crippen molar-refractivity contribution >= 4 is 83.6 Å². The Morgan fingerprint density at radius 1 is 0.533 bits per heavy atom. The molecular formula is C73H120N16O18. The molecule has 13 atom stereocenters. The molecule has 0 fully saturated rings. The van der Waals surface area contributed by atoms with Gasteiger partial charge in [0.25, 0.3) is 0 Å². The van der Waals surface area contributed by atoms with Gasteiger partial charge in [-0.05, 0) is 106 Å². The van der Waals surface area contributed by atoms with Gasteiger partial charge in [0.05, 0.1) is 31.4 Å². The first-order valence-electron chi connectivity index (χ1n) is 36.1. The van der Waals surface area contributed by atoms with Crippen molar-refractivity contribution in [3.05, 3.63) is 71.8 Å². The zero-order chi connectivity index (χ0) is 81.1. The highest BCUT2D eigenvalue weighted by Gasteiger charge is 2.43. The summed E-state index contributed by atoms with van der Waals surface area (Å²) in [5.41, 5.74) is 9.86. The summed E-state index contributed by atoms with van der Waals surface area (Å²) in [5.74, 6) is -11.9. The van der Waals surface area contributed by atoms with Crippen LogP contribution < -0.4 is 80.6 Å². The molecule has 107 heavy (non-hydrogen) atoms. The van der Waals surface area contributed by atoms with Crippen LogP contribution in [0.5, 0.6) is 0 Å². The van der Waals surface area contributed by atoms with Crippen molar-refractivity contribution in [1.29, 1.82) is 0 Å². The second kappa shape index (κ2) is 45.7. The van der Waals surface area contributed by atoms with E-state index in [1.165, 1.54) is 45.0 Å². The summed E-state index contributed by atoms with van der Waals surface area (Å²) in [7, 11) is 0. The Kier molecular flexibility index (Phi) is 39.9. The number of nitrogens with two attached hydrogens (primary N) is 2. The maximum absolute atomic E-state index is 15.5. The molecule has 0 radical (unpaired) electrons. The average Bonchev–Trinajstić information content (AvgIpc) is 0.811. The van der Waals surface area contributed by atoms with Crippen molar-refractivity contribution in [2.45, 2.75) is 241 Å². The predicted octanol–water partition coefficient (Wildman–Crippen LogP) is 0.202. The van der Waals surface area contributed by atoms with E-state index in [-0.39, 0.29) is 82.7 Å². The normalized spacial score (nSPS) is 15.2. The van der Waals surface area contributed by atoms with E-state index in [2.05, 4.69) is 74.1 Å². The lowest BCUT2D eigenvalue weighted by Gasteiger charge is -2.35. The topological polar surface area (TPSA) is 522 Å². The number of alkyl carbamates (subject to hydrolysis) is 2. The largest absolute Gasteiger partial charge is 0.445 e. The van der Waals surface area contributed by atoms with Gasteiger partial charge in [-0.3, -0.25) is 57.7 Å². The van der Waals surface area contributed by atoms with Gasteiger partial charge in [0, 0.05) is 19.6 Å². The third-order valence-electron chi connectivity index (χ3n) is 16.4. The number of benzene rings is 2. The van der Waals surface area contributed by atoms with E-state index in [4.69, 9.17) is 20.9 Å². The molecule has 13 amide bonds. The monoisotopic (exact) mass is 1510 g/mol. The third kappa shape index (κ3) is 36.4. The van der Waals surface area contributed by atoms with Gasteiger partial charge in [0.2, 0.25) is 65.5 Å². The molecule has 0 bridgehead atoms. The van der Waals surface area contributed by atoms with E-state index in [1.54, 1.807) is 87.4 Å². The minimum atomic E-state index is -2.01. The summed E-state index contributed by atoms with van der Waals surface area (Å²) in [6.45, 7) is 25.5. The van der Waals surface area contributed by atoms with Gasteiger partial charge < -0.3 is 105 Å². The minimum Gasteiger partial charge on any atom is -0.445 e. The average molecular weight is 1510 g/mol. The highest BCUT2D eigenvalue weighted by molar-refractivity contribution is 5.99. The van der Waals surface area contributed by atoms with E-state index in [1.807, 2.05) is 39.0 Å². The standard InChI is InChI=1S/C73H120N16O18/c1-17-43(6)53(65(101)86-54(44(7)92)64(100)79-37-52(93)76-32-25-33-78-69(104)106-39-45-26-20-18-21-27-45)85-59(95)47(30-24-31-77-68(74)75)81-60(96)48(34-41(2)3)82-67(103)57(58(94)42(4)5)89-66(102)56(55(46-28-22-19-23-29-46)87-63(99)51(38-90)80-40-91)88-62(98)49(35-71(8,9)10)83-61(97)50(36-72(11,12)13)84-70(105)107-73(14,15)16/h18-23,26-29,40-44,47-51,53-58,90,92,94H,17,24-25,30-39H2,1-16H3,(H,76,93)(H,78,104)(H,79,100)(H,80,91)(H,81,96)(H,82,103)(H,83,97)(H,84,105)(H,85,95)(H,86,101)(H,87,99)(H,88,98)(H,89,102)(H4,74,75,77)/t43-,44-,47+,48-,49-,50+,51?,53-,54-,55+,56-,57-,58+/m0/s1. The van der Waals surface area contributed by atoms with E-state index in [9.17, 15) is 63.3 Å². The molecule has 0 heterocycles. The molecule has 34 nitrogen and oxygen atoms in total. The number of carbonyl (C=O) groups excluding carboxylic acids is 13. The number of hydrogen-bond acceptors (Lipinski definition) is 19. The van der Waals surface area contributed by atoms with Crippen LogP contribution in [0.25, 0.3) is 0 Å². The molecule has 0 aliphatic heterocycles. The van der Waals surface area contributed by atoms with Crippen LogP contribution in [0.1, 0.15) is 173 Å². The number of amides is 13. The Morgan fingerprint density at radius 2 is 1.02 bits per heavy atom. The maximum Gasteiger partial charge on any atom is 0.408 e. The number of carbonyl (C=O) groups is 13. The van der Waals surface area contributed by atoms with Crippen LogP contribution in [-0.4, -0.2) is 204 Å². The Balaban J connectivity index is 2.66. The smallest absolute Gasteiger partial charge is 0.408 e. The number of aliphatic hydroxyl groups excluding tert-OH is 3. The van der Waals surface area contributed by atoms with E-state index in [0.717, 1.165) is 5.56 Å². The molecule has 0 aromatic heterocycles. The van der Waals surface area contributed by atoms with Crippen molar-refractivity contribution in [3.8, 4) is 0 Å². The van der Waals surface area contributed by atoms with Gasteiger partial charge in [-0.1, -0.05) is 150 Å². The van der Waals surface area contributed by atoms with E-state index >= 15 is 14.4 Å². The number of aliphatic imine (C=N–C) groups is 1. The van der Waals surface area contributed by atoms with Crippen LogP contribution in [0.3, 0.4) is 0 Å². The lowest BCUT2D eigenvalue weighted by Crippen LogP contribution is -2.65. The molecule has 0 saturated carbocycles. The van der Waals surface area contributed by atoms with Crippen LogP contribution in [-0.2, 0) is 68.8 Å². The van der Waals surface area contributed by atoms with Crippen LogP contribution in [0, 0.1) is 28.6 Å². The molecule has 0 aliphatic rings.